The maximum atomic E-state index is 13.0. The summed E-state index contributed by atoms with van der Waals surface area (Å²) in [7, 11) is -2.53. The Hall–Kier alpha value is -3.71. The number of ether oxygens (including phenoxy) is 3. The Morgan fingerprint density at radius 3 is 2.51 bits per heavy atom. The van der Waals surface area contributed by atoms with Crippen LogP contribution in [0.25, 0.3) is 17.7 Å². The summed E-state index contributed by atoms with van der Waals surface area (Å²) in [6, 6.07) is 15.5. The van der Waals surface area contributed by atoms with Crippen LogP contribution in [0.4, 0.5) is 0 Å². The zero-order valence-electron chi connectivity index (χ0n) is 20.0. The maximum Gasteiger partial charge on any atom is 0.339 e. The van der Waals surface area contributed by atoms with Crippen LogP contribution < -0.4 is 18.4 Å². The normalized spacial score (nSPS) is 15.7. The number of hydrogen-bond donors (Lipinski definition) is 0. The molecule has 0 saturated carbocycles. The second-order valence-corrected chi connectivity index (χ2v) is 10.7. The molecule has 0 bridgehead atoms. The van der Waals surface area contributed by atoms with Crippen molar-refractivity contribution in [2.45, 2.75) is 31.3 Å². The SMILES string of the molecule is COc1ccc(C2=Cc3ccc4c(c3OC2)C=CC(C)(C)O4)c(OS(=O)(=O)c2ccc(C)cc2)c1. The average Bonchev–Trinajstić information content (AvgIpc) is 2.83. The van der Waals surface area contributed by atoms with Crippen molar-refractivity contribution in [3.05, 3.63) is 82.9 Å². The summed E-state index contributed by atoms with van der Waals surface area (Å²) in [5.74, 6) is 2.16. The van der Waals surface area contributed by atoms with Crippen LogP contribution in [0.5, 0.6) is 23.0 Å². The lowest BCUT2D eigenvalue weighted by molar-refractivity contribution is 0.158. The van der Waals surface area contributed by atoms with Crippen molar-refractivity contribution in [2.24, 2.45) is 0 Å². The summed E-state index contributed by atoms with van der Waals surface area (Å²) in [5, 5.41) is 0. The number of aryl methyl sites for hydroxylation is 1. The summed E-state index contributed by atoms with van der Waals surface area (Å²) in [4.78, 5) is 0.0810. The van der Waals surface area contributed by atoms with E-state index >= 15 is 0 Å². The Balaban J connectivity index is 1.54. The van der Waals surface area contributed by atoms with Gasteiger partial charge in [0, 0.05) is 22.8 Å². The van der Waals surface area contributed by atoms with Crippen LogP contribution >= 0.6 is 0 Å². The van der Waals surface area contributed by atoms with Crippen LogP contribution in [0.3, 0.4) is 0 Å². The zero-order chi connectivity index (χ0) is 24.8. The fourth-order valence-corrected chi connectivity index (χ4v) is 5.03. The molecule has 0 aliphatic carbocycles. The van der Waals surface area contributed by atoms with Gasteiger partial charge in [-0.25, -0.2) is 0 Å². The fraction of sp³-hybridized carbons (Fsp3) is 0.214. The zero-order valence-corrected chi connectivity index (χ0v) is 20.8. The molecular weight excluding hydrogens is 464 g/mol. The quantitative estimate of drug-likeness (QED) is 0.416. The van der Waals surface area contributed by atoms with Crippen LogP contribution in [0.1, 0.15) is 36.1 Å². The van der Waals surface area contributed by atoms with E-state index in [1.165, 1.54) is 19.2 Å². The summed E-state index contributed by atoms with van der Waals surface area (Å²) in [5.41, 5.74) is 3.74. The third kappa shape index (κ3) is 4.51. The molecule has 0 atom stereocenters. The molecule has 6 nitrogen and oxygen atoms in total. The van der Waals surface area contributed by atoms with Gasteiger partial charge >= 0.3 is 10.1 Å². The van der Waals surface area contributed by atoms with Crippen molar-refractivity contribution in [3.63, 3.8) is 0 Å². The number of benzene rings is 3. The van der Waals surface area contributed by atoms with E-state index in [-0.39, 0.29) is 22.9 Å². The van der Waals surface area contributed by atoms with Gasteiger partial charge in [-0.1, -0.05) is 17.7 Å². The average molecular weight is 491 g/mol. The molecule has 0 radical (unpaired) electrons. The molecule has 0 unspecified atom stereocenters. The highest BCUT2D eigenvalue weighted by atomic mass is 32.2. The Labute approximate surface area is 205 Å². The molecule has 0 aromatic heterocycles. The molecule has 0 amide bonds. The Morgan fingerprint density at radius 1 is 1.00 bits per heavy atom. The Bertz CT molecular complexity index is 1460. The first kappa shape index (κ1) is 23.1. The molecule has 0 spiro atoms. The second kappa shape index (κ2) is 8.50. The van der Waals surface area contributed by atoms with Gasteiger partial charge in [0.25, 0.3) is 0 Å². The van der Waals surface area contributed by atoms with Crippen LogP contribution in [-0.4, -0.2) is 27.7 Å². The van der Waals surface area contributed by atoms with Crippen molar-refractivity contribution in [1.82, 2.24) is 0 Å². The summed E-state index contributed by atoms with van der Waals surface area (Å²) in [6.45, 7) is 6.14. The van der Waals surface area contributed by atoms with E-state index in [9.17, 15) is 8.42 Å². The molecule has 3 aromatic carbocycles. The second-order valence-electron chi connectivity index (χ2n) is 9.11. The van der Waals surface area contributed by atoms with Gasteiger partial charge in [-0.05, 0) is 75.4 Å². The molecule has 2 aliphatic rings. The van der Waals surface area contributed by atoms with E-state index in [2.05, 4.69) is 0 Å². The number of fused-ring (bicyclic) bond motifs is 3. The van der Waals surface area contributed by atoms with E-state index < -0.39 is 10.1 Å². The van der Waals surface area contributed by atoms with Gasteiger partial charge < -0.3 is 18.4 Å². The monoisotopic (exact) mass is 490 g/mol. The standard InChI is InChI=1S/C28H26O6S/c1-18-5-9-22(10-6-18)35(29,30)34-26-16-21(31-4)8-11-23(26)20-15-19-7-12-25-24(27(19)32-17-20)13-14-28(2,3)33-25/h5-16H,17H2,1-4H3. The lowest BCUT2D eigenvalue weighted by atomic mass is 9.95. The first-order valence-corrected chi connectivity index (χ1v) is 12.6. The molecule has 35 heavy (non-hydrogen) atoms. The minimum atomic E-state index is -4.05. The lowest BCUT2D eigenvalue weighted by Gasteiger charge is -2.30. The third-order valence-corrected chi connectivity index (χ3v) is 7.21. The molecule has 2 heterocycles. The smallest absolute Gasteiger partial charge is 0.339 e. The molecule has 0 fully saturated rings. The van der Waals surface area contributed by atoms with E-state index in [4.69, 9.17) is 18.4 Å². The number of hydrogen-bond acceptors (Lipinski definition) is 6. The van der Waals surface area contributed by atoms with Crippen LogP contribution in [0.15, 0.2) is 65.6 Å². The van der Waals surface area contributed by atoms with Gasteiger partial charge in [0.2, 0.25) is 0 Å². The molecule has 2 aliphatic heterocycles. The molecule has 7 heteroatoms. The number of rotatable bonds is 5. The summed E-state index contributed by atoms with van der Waals surface area (Å²) < 4.78 is 49.2. The molecular formula is C28H26O6S. The van der Waals surface area contributed by atoms with Gasteiger partial charge in [-0.2, -0.15) is 8.42 Å². The van der Waals surface area contributed by atoms with Gasteiger partial charge in [0.15, 0.2) is 5.75 Å². The lowest BCUT2D eigenvalue weighted by Crippen LogP contribution is -2.27. The summed E-state index contributed by atoms with van der Waals surface area (Å²) >= 11 is 0. The van der Waals surface area contributed by atoms with Crippen molar-refractivity contribution < 1.29 is 26.8 Å². The molecule has 3 aromatic rings. The van der Waals surface area contributed by atoms with E-state index in [1.807, 2.05) is 51.1 Å². The molecule has 0 saturated heterocycles. The predicted molar refractivity (Wildman–Crippen MR) is 136 cm³/mol. The third-order valence-electron chi connectivity index (χ3n) is 5.96. The van der Waals surface area contributed by atoms with Crippen LogP contribution in [0, 0.1) is 6.92 Å². The topological polar surface area (TPSA) is 71.1 Å². The minimum absolute atomic E-state index is 0.0810. The van der Waals surface area contributed by atoms with Gasteiger partial charge in [-0.3, -0.25) is 0 Å². The first-order chi connectivity index (χ1) is 16.6. The molecule has 0 N–H and O–H groups in total. The van der Waals surface area contributed by atoms with Gasteiger partial charge in [0.1, 0.15) is 34.4 Å². The van der Waals surface area contributed by atoms with Crippen molar-refractivity contribution in [1.29, 1.82) is 0 Å². The highest BCUT2D eigenvalue weighted by Crippen LogP contribution is 2.43. The predicted octanol–water partition coefficient (Wildman–Crippen LogP) is 5.89. The molecule has 5 rings (SSSR count). The van der Waals surface area contributed by atoms with Gasteiger partial charge in [0.05, 0.1) is 12.7 Å². The van der Waals surface area contributed by atoms with Crippen molar-refractivity contribution in [3.8, 4) is 23.0 Å². The summed E-state index contributed by atoms with van der Waals surface area (Å²) in [6.07, 6.45) is 6.01. The highest BCUT2D eigenvalue weighted by molar-refractivity contribution is 7.87. The minimum Gasteiger partial charge on any atom is -0.497 e. The fourth-order valence-electron chi connectivity index (χ4n) is 4.09. The maximum absolute atomic E-state index is 13.0. The first-order valence-electron chi connectivity index (χ1n) is 11.2. The van der Waals surface area contributed by atoms with Crippen molar-refractivity contribution in [2.75, 3.05) is 13.7 Å². The Morgan fingerprint density at radius 2 is 1.77 bits per heavy atom. The number of methoxy groups -OCH3 is 1. The van der Waals surface area contributed by atoms with E-state index in [1.54, 1.807) is 30.3 Å². The largest absolute Gasteiger partial charge is 0.497 e. The Kier molecular flexibility index (Phi) is 5.60. The van der Waals surface area contributed by atoms with E-state index in [0.29, 0.717) is 11.3 Å². The molecule has 180 valence electrons. The van der Waals surface area contributed by atoms with Crippen LogP contribution in [-0.2, 0) is 10.1 Å². The van der Waals surface area contributed by atoms with Crippen molar-refractivity contribution >= 4 is 27.8 Å². The van der Waals surface area contributed by atoms with Gasteiger partial charge in [-0.15, -0.1) is 0 Å². The van der Waals surface area contributed by atoms with Crippen LogP contribution in [0.2, 0.25) is 0 Å². The van der Waals surface area contributed by atoms with E-state index in [0.717, 1.165) is 33.8 Å². The highest BCUT2D eigenvalue weighted by Gasteiger charge is 2.28.